The van der Waals surface area contributed by atoms with Crippen molar-refractivity contribution < 1.29 is 53.1 Å². The summed E-state index contributed by atoms with van der Waals surface area (Å²) < 4.78 is 133. The van der Waals surface area contributed by atoms with Crippen LogP contribution in [-0.4, -0.2) is 72.6 Å². The van der Waals surface area contributed by atoms with Crippen LogP contribution >= 0.6 is 11.3 Å². The Balaban J connectivity index is 1.84. The Labute approximate surface area is 232 Å². The topological polar surface area (TPSA) is 96.4 Å². The first-order valence-corrected chi connectivity index (χ1v) is 14.8. The number of thiazole rings is 1. The minimum atomic E-state index is -5.88. The van der Waals surface area contributed by atoms with Crippen LogP contribution in [0.2, 0.25) is 0 Å². The lowest BCUT2D eigenvalue weighted by molar-refractivity contribution is -0.297. The zero-order chi connectivity index (χ0) is 30.7. The molecular weight excluding hydrogens is 610 g/mol. The lowest BCUT2D eigenvalue weighted by atomic mass is 9.79. The Kier molecular flexibility index (Phi) is 7.95. The van der Waals surface area contributed by atoms with Crippen molar-refractivity contribution in [2.24, 2.45) is 0 Å². The third kappa shape index (κ3) is 5.66. The second-order valence-electron chi connectivity index (χ2n) is 10.2. The summed E-state index contributed by atoms with van der Waals surface area (Å²) in [4.78, 5) is 31.3. The molecule has 1 N–H and O–H groups in total. The van der Waals surface area contributed by atoms with Crippen LogP contribution in [0.5, 0.6) is 0 Å². The van der Waals surface area contributed by atoms with Gasteiger partial charge in [0.05, 0.1) is 22.4 Å². The molecule has 2 saturated heterocycles. The number of carbonyl (C=O) groups is 2. The summed E-state index contributed by atoms with van der Waals surface area (Å²) in [5.74, 6) is -2.36. The van der Waals surface area contributed by atoms with E-state index in [1.165, 1.54) is 4.90 Å². The molecule has 3 heterocycles. The standard InChI is InChI=1S/C24H23F8N3O4S2/c1-11-4-3-7-35(11)21(37)16-17(40-20(34-16)19(36)33-13-9-41(38,39)10-13)14-6-5-12(8-15(14)18(25)26)22(2,23(27,28)29)24(30,31)32/h5-6,8,11,13,18H,3-4,7,9-10H2,1-2H3,(H,33,36)/t11-/m0/s1. The maximum atomic E-state index is 14.2. The molecule has 2 aliphatic heterocycles. The molecule has 0 spiro atoms. The Hall–Kier alpha value is -2.82. The number of rotatable bonds is 6. The van der Waals surface area contributed by atoms with Gasteiger partial charge in [-0.3, -0.25) is 9.59 Å². The number of benzene rings is 1. The third-order valence-electron chi connectivity index (χ3n) is 7.33. The molecule has 17 heteroatoms. The number of halogens is 8. The fourth-order valence-corrected chi connectivity index (χ4v) is 7.06. The number of nitrogens with one attached hydrogen (secondary N) is 1. The van der Waals surface area contributed by atoms with Crippen molar-refractivity contribution in [3.8, 4) is 10.4 Å². The Morgan fingerprint density at radius 1 is 1.10 bits per heavy atom. The van der Waals surface area contributed by atoms with Crippen LogP contribution in [0.15, 0.2) is 18.2 Å². The van der Waals surface area contributed by atoms with Crippen LogP contribution in [-0.2, 0) is 15.3 Å². The molecule has 0 saturated carbocycles. The van der Waals surface area contributed by atoms with Crippen LogP contribution in [0.3, 0.4) is 0 Å². The third-order valence-corrected chi connectivity index (χ3v) is 10.2. The summed E-state index contributed by atoms with van der Waals surface area (Å²) >= 11 is 0.444. The molecule has 0 bridgehead atoms. The van der Waals surface area contributed by atoms with Crippen molar-refractivity contribution in [3.05, 3.63) is 40.0 Å². The summed E-state index contributed by atoms with van der Waals surface area (Å²) in [6, 6.07) is 0.103. The average molecular weight is 634 g/mol. The van der Waals surface area contributed by atoms with E-state index in [0.717, 1.165) is 0 Å². The summed E-state index contributed by atoms with van der Waals surface area (Å²) in [7, 11) is -3.32. The minimum absolute atomic E-state index is 0.104. The van der Waals surface area contributed by atoms with Crippen LogP contribution < -0.4 is 5.32 Å². The van der Waals surface area contributed by atoms with Gasteiger partial charge in [0.1, 0.15) is 5.69 Å². The molecule has 7 nitrogen and oxygen atoms in total. The minimum Gasteiger partial charge on any atom is -0.345 e. The van der Waals surface area contributed by atoms with Crippen LogP contribution in [0.25, 0.3) is 10.4 Å². The molecule has 2 fully saturated rings. The molecule has 0 radical (unpaired) electrons. The number of nitrogens with zero attached hydrogens (tertiary/aromatic N) is 2. The van der Waals surface area contributed by atoms with Crippen molar-refractivity contribution in [1.82, 2.24) is 15.2 Å². The Morgan fingerprint density at radius 3 is 2.20 bits per heavy atom. The largest absolute Gasteiger partial charge is 0.406 e. The van der Waals surface area contributed by atoms with E-state index in [1.807, 2.05) is 0 Å². The van der Waals surface area contributed by atoms with Crippen molar-refractivity contribution >= 4 is 33.0 Å². The van der Waals surface area contributed by atoms with Crippen LogP contribution in [0.4, 0.5) is 35.1 Å². The highest BCUT2D eigenvalue weighted by molar-refractivity contribution is 7.92. The first-order valence-electron chi connectivity index (χ1n) is 12.2. The fourth-order valence-electron chi connectivity index (χ4n) is 4.76. The van der Waals surface area contributed by atoms with E-state index >= 15 is 0 Å². The summed E-state index contributed by atoms with van der Waals surface area (Å²) in [6.45, 7) is 1.83. The van der Waals surface area contributed by atoms with Crippen molar-refractivity contribution in [2.75, 3.05) is 18.1 Å². The van der Waals surface area contributed by atoms with E-state index in [0.29, 0.717) is 36.3 Å². The van der Waals surface area contributed by atoms with Crippen molar-refractivity contribution in [2.45, 2.75) is 63.0 Å². The quantitative estimate of drug-likeness (QED) is 0.437. The summed E-state index contributed by atoms with van der Waals surface area (Å²) in [5, 5.41) is 1.99. The molecule has 41 heavy (non-hydrogen) atoms. The normalized spacial score (nSPS) is 19.9. The molecule has 2 amide bonds. The number of amides is 2. The Morgan fingerprint density at radius 2 is 1.71 bits per heavy atom. The molecule has 2 aliphatic rings. The molecule has 0 aliphatic carbocycles. The first kappa shape index (κ1) is 31.1. The molecule has 1 aromatic heterocycles. The van der Waals surface area contributed by atoms with Gasteiger partial charge in [-0.25, -0.2) is 22.2 Å². The van der Waals surface area contributed by atoms with Gasteiger partial charge in [0, 0.05) is 23.7 Å². The highest BCUT2D eigenvalue weighted by Crippen LogP contribution is 2.53. The zero-order valence-corrected chi connectivity index (χ0v) is 23.0. The SMILES string of the molecule is C[C@H]1CCCN1C(=O)c1nc(C(=O)NC2CS(=O)(=O)C2)sc1-c1ccc(C(C)(C(F)(F)F)C(F)(F)F)cc1C(F)F. The zero-order valence-electron chi connectivity index (χ0n) is 21.4. The maximum absolute atomic E-state index is 14.2. The number of likely N-dealkylation sites (tertiary alicyclic amines) is 1. The smallest absolute Gasteiger partial charge is 0.345 e. The van der Waals surface area contributed by atoms with Crippen LogP contribution in [0, 0.1) is 0 Å². The lowest BCUT2D eigenvalue weighted by Crippen LogP contribution is -2.52. The Bertz CT molecular complexity index is 1440. The van der Waals surface area contributed by atoms with Gasteiger partial charge in [-0.05, 0) is 38.3 Å². The fraction of sp³-hybridized carbons (Fsp3) is 0.542. The second kappa shape index (κ2) is 10.5. The summed E-state index contributed by atoms with van der Waals surface area (Å²) in [5.41, 5.74) is -8.21. The molecule has 1 atom stereocenters. The number of carbonyl (C=O) groups excluding carboxylic acids is 2. The number of hydrogen-bond acceptors (Lipinski definition) is 6. The summed E-state index contributed by atoms with van der Waals surface area (Å²) in [6.07, 6.45) is -14.1. The van der Waals surface area contributed by atoms with E-state index in [9.17, 15) is 53.1 Å². The van der Waals surface area contributed by atoms with E-state index in [4.69, 9.17) is 0 Å². The highest BCUT2D eigenvalue weighted by atomic mass is 32.2. The van der Waals surface area contributed by atoms with Gasteiger partial charge in [0.15, 0.2) is 20.3 Å². The van der Waals surface area contributed by atoms with Gasteiger partial charge in [-0.1, -0.05) is 12.1 Å². The van der Waals surface area contributed by atoms with E-state index in [1.54, 1.807) is 6.92 Å². The van der Waals surface area contributed by atoms with Gasteiger partial charge in [0.25, 0.3) is 18.2 Å². The van der Waals surface area contributed by atoms with Crippen molar-refractivity contribution in [3.63, 3.8) is 0 Å². The highest BCUT2D eigenvalue weighted by Gasteiger charge is 2.68. The molecule has 226 valence electrons. The van der Waals surface area contributed by atoms with E-state index in [2.05, 4.69) is 10.3 Å². The van der Waals surface area contributed by atoms with Gasteiger partial charge in [-0.2, -0.15) is 26.3 Å². The number of hydrogen-bond donors (Lipinski definition) is 1. The number of alkyl halides is 8. The molecule has 4 rings (SSSR count). The lowest BCUT2D eigenvalue weighted by Gasteiger charge is -2.34. The average Bonchev–Trinajstić information content (AvgIpc) is 3.46. The molecule has 1 aromatic carbocycles. The van der Waals surface area contributed by atoms with Crippen molar-refractivity contribution in [1.29, 1.82) is 0 Å². The predicted octanol–water partition coefficient (Wildman–Crippen LogP) is 5.28. The van der Waals surface area contributed by atoms with E-state index in [-0.39, 0.29) is 42.0 Å². The van der Waals surface area contributed by atoms with E-state index < -0.39 is 79.3 Å². The van der Waals surface area contributed by atoms with Gasteiger partial charge in [-0.15, -0.1) is 11.3 Å². The molecular formula is C24H23F8N3O4S2. The van der Waals surface area contributed by atoms with Crippen LogP contribution in [0.1, 0.15) is 64.5 Å². The van der Waals surface area contributed by atoms with Gasteiger partial charge in [0.2, 0.25) is 0 Å². The van der Waals surface area contributed by atoms with Gasteiger partial charge >= 0.3 is 12.4 Å². The second-order valence-corrected chi connectivity index (χ2v) is 13.3. The molecule has 0 unspecified atom stereocenters. The number of sulfone groups is 1. The number of aromatic nitrogens is 1. The first-order chi connectivity index (χ1) is 18.8. The predicted molar refractivity (Wildman–Crippen MR) is 132 cm³/mol. The monoisotopic (exact) mass is 633 g/mol. The molecule has 2 aromatic rings. The maximum Gasteiger partial charge on any atom is 0.406 e. The van der Waals surface area contributed by atoms with Gasteiger partial charge < -0.3 is 10.2 Å².